The Bertz CT molecular complexity index is 1260. The maximum Gasteiger partial charge on any atom is 0.254 e. The van der Waals surface area contributed by atoms with Crippen LogP contribution in [0.2, 0.25) is 0 Å². The molecule has 4 nitrogen and oxygen atoms in total. The number of carbonyl (C=O) groups excluding carboxylic acids is 2. The number of aromatic hydroxyl groups is 1. The Kier molecular flexibility index (Phi) is 5.79. The largest absolute Gasteiger partial charge is 0.508 e. The SMILES string of the molecule is CC1(C)[C@H]2Cc3c(O)cccc3[C@]1(C)CCN2C(=O)c1ccc(CCC(=O)c2ccccc2)cc1. The average molecular weight is 468 g/mol. The summed E-state index contributed by atoms with van der Waals surface area (Å²) >= 11 is 0. The Morgan fingerprint density at radius 3 is 2.34 bits per heavy atom. The van der Waals surface area contributed by atoms with Crippen LogP contribution in [0, 0.1) is 5.41 Å². The number of aryl methyl sites for hydroxylation is 1. The van der Waals surface area contributed by atoms with Gasteiger partial charge in [0.05, 0.1) is 0 Å². The second kappa shape index (κ2) is 8.67. The Morgan fingerprint density at radius 1 is 0.914 bits per heavy atom. The lowest BCUT2D eigenvalue weighted by Gasteiger charge is -2.60. The molecule has 1 N–H and O–H groups in total. The van der Waals surface area contributed by atoms with Crippen LogP contribution in [0.25, 0.3) is 0 Å². The van der Waals surface area contributed by atoms with E-state index in [1.54, 1.807) is 6.07 Å². The van der Waals surface area contributed by atoms with Gasteiger partial charge in [0, 0.05) is 35.5 Å². The molecule has 0 spiro atoms. The molecule has 0 radical (unpaired) electrons. The summed E-state index contributed by atoms with van der Waals surface area (Å²) in [5, 5.41) is 10.6. The number of benzene rings is 3. The summed E-state index contributed by atoms with van der Waals surface area (Å²) in [6.45, 7) is 7.50. The van der Waals surface area contributed by atoms with Gasteiger partial charge in [0.25, 0.3) is 5.91 Å². The van der Waals surface area contributed by atoms with E-state index in [9.17, 15) is 14.7 Å². The van der Waals surface area contributed by atoms with Gasteiger partial charge in [0.2, 0.25) is 0 Å². The molecule has 2 aliphatic rings. The molecule has 35 heavy (non-hydrogen) atoms. The van der Waals surface area contributed by atoms with E-state index < -0.39 is 0 Å². The van der Waals surface area contributed by atoms with Gasteiger partial charge in [0.1, 0.15) is 5.75 Å². The van der Waals surface area contributed by atoms with E-state index in [1.165, 1.54) is 5.56 Å². The van der Waals surface area contributed by atoms with E-state index in [1.807, 2.05) is 65.6 Å². The monoisotopic (exact) mass is 467 g/mol. The first-order chi connectivity index (χ1) is 16.7. The number of likely N-dealkylation sites (tertiary alicyclic amines) is 1. The summed E-state index contributed by atoms with van der Waals surface area (Å²) in [4.78, 5) is 28.1. The lowest BCUT2D eigenvalue weighted by Crippen LogP contribution is -2.64. The maximum absolute atomic E-state index is 13.7. The summed E-state index contributed by atoms with van der Waals surface area (Å²) in [6, 6.07) is 22.9. The molecule has 2 atom stereocenters. The molecule has 0 aromatic heterocycles. The zero-order chi connectivity index (χ0) is 24.8. The van der Waals surface area contributed by atoms with Crippen molar-refractivity contribution in [3.8, 4) is 5.75 Å². The number of ketones is 1. The highest BCUT2D eigenvalue weighted by atomic mass is 16.3. The third-order valence-corrected chi connectivity index (χ3v) is 8.83. The standard InChI is InChI=1S/C31H33NO3/c1-30(2)28-20-24-25(10-7-11-27(24)34)31(30,3)18-19-32(28)29(35)23-15-12-21(13-16-23)14-17-26(33)22-8-5-4-6-9-22/h4-13,15-16,28,34H,14,17-20H2,1-3H3/t28-,31+/m1/s1. The van der Waals surface area contributed by atoms with Crippen LogP contribution >= 0.6 is 0 Å². The van der Waals surface area contributed by atoms with E-state index in [2.05, 4.69) is 26.8 Å². The molecule has 1 fully saturated rings. The van der Waals surface area contributed by atoms with Gasteiger partial charge >= 0.3 is 0 Å². The first-order valence-corrected chi connectivity index (χ1v) is 12.5. The smallest absolute Gasteiger partial charge is 0.254 e. The first kappa shape index (κ1) is 23.3. The van der Waals surface area contributed by atoms with E-state index >= 15 is 0 Å². The lowest BCUT2D eigenvalue weighted by molar-refractivity contribution is -0.0266. The number of piperidine rings is 1. The van der Waals surface area contributed by atoms with Gasteiger partial charge in [0.15, 0.2) is 5.78 Å². The van der Waals surface area contributed by atoms with Gasteiger partial charge in [-0.3, -0.25) is 9.59 Å². The summed E-state index contributed by atoms with van der Waals surface area (Å²) in [6.07, 6.45) is 2.62. The topological polar surface area (TPSA) is 57.6 Å². The minimum absolute atomic E-state index is 0.0118. The third kappa shape index (κ3) is 3.85. The molecule has 1 aliphatic carbocycles. The Labute approximate surface area is 207 Å². The zero-order valence-corrected chi connectivity index (χ0v) is 20.8. The minimum atomic E-state index is -0.126. The summed E-state index contributed by atoms with van der Waals surface area (Å²) < 4.78 is 0. The molecule has 3 aromatic rings. The number of Topliss-reactive ketones (excluding diaryl/α,β-unsaturated/α-hetero) is 1. The van der Waals surface area contributed by atoms with Crippen LogP contribution in [-0.2, 0) is 18.3 Å². The fourth-order valence-electron chi connectivity index (χ4n) is 6.18. The van der Waals surface area contributed by atoms with Gasteiger partial charge in [-0.05, 0) is 59.6 Å². The van der Waals surface area contributed by atoms with Crippen molar-refractivity contribution in [2.24, 2.45) is 5.41 Å². The van der Waals surface area contributed by atoms with Crippen molar-refractivity contribution in [2.75, 3.05) is 6.54 Å². The van der Waals surface area contributed by atoms with Crippen LogP contribution in [-0.4, -0.2) is 34.3 Å². The quantitative estimate of drug-likeness (QED) is 0.471. The van der Waals surface area contributed by atoms with Crippen molar-refractivity contribution >= 4 is 11.7 Å². The summed E-state index contributed by atoms with van der Waals surface area (Å²) in [7, 11) is 0. The fraction of sp³-hybridized carbons (Fsp3) is 0.355. The molecule has 180 valence electrons. The zero-order valence-electron chi connectivity index (χ0n) is 20.8. The molecule has 3 aromatic carbocycles. The van der Waals surface area contributed by atoms with Crippen LogP contribution in [0.5, 0.6) is 5.75 Å². The van der Waals surface area contributed by atoms with Crippen molar-refractivity contribution < 1.29 is 14.7 Å². The number of nitrogens with zero attached hydrogens (tertiary/aromatic N) is 1. The number of phenols is 1. The maximum atomic E-state index is 13.7. The van der Waals surface area contributed by atoms with E-state index in [0.717, 1.165) is 23.1 Å². The van der Waals surface area contributed by atoms with Crippen LogP contribution < -0.4 is 0 Å². The molecule has 1 amide bonds. The van der Waals surface area contributed by atoms with Crippen LogP contribution in [0.4, 0.5) is 0 Å². The molecule has 0 unspecified atom stereocenters. The van der Waals surface area contributed by atoms with Crippen molar-refractivity contribution in [1.82, 2.24) is 4.90 Å². The highest BCUT2D eigenvalue weighted by Crippen LogP contribution is 2.57. The summed E-state index contributed by atoms with van der Waals surface area (Å²) in [5.74, 6) is 0.499. The molecule has 5 rings (SSSR count). The van der Waals surface area contributed by atoms with Crippen LogP contribution in [0.3, 0.4) is 0 Å². The Balaban J connectivity index is 1.33. The van der Waals surface area contributed by atoms with Crippen molar-refractivity contribution in [2.45, 2.75) is 57.9 Å². The third-order valence-electron chi connectivity index (χ3n) is 8.83. The van der Waals surface area contributed by atoms with Gasteiger partial charge in [-0.25, -0.2) is 0 Å². The van der Waals surface area contributed by atoms with Crippen molar-refractivity contribution in [1.29, 1.82) is 0 Å². The molecule has 1 heterocycles. The number of amides is 1. The Hall–Kier alpha value is -3.40. The first-order valence-electron chi connectivity index (χ1n) is 12.5. The molecule has 1 aliphatic heterocycles. The second-order valence-electron chi connectivity index (χ2n) is 10.8. The molecular formula is C31H33NO3. The van der Waals surface area contributed by atoms with Crippen molar-refractivity contribution in [3.05, 3.63) is 101 Å². The Morgan fingerprint density at radius 2 is 1.63 bits per heavy atom. The average Bonchev–Trinajstić information content (AvgIpc) is 2.86. The number of carbonyl (C=O) groups is 2. The van der Waals surface area contributed by atoms with Gasteiger partial charge in [-0.1, -0.05) is 75.4 Å². The van der Waals surface area contributed by atoms with E-state index in [4.69, 9.17) is 0 Å². The molecule has 1 saturated heterocycles. The van der Waals surface area contributed by atoms with Crippen LogP contribution in [0.1, 0.15) is 71.0 Å². The van der Waals surface area contributed by atoms with Gasteiger partial charge < -0.3 is 10.0 Å². The normalized spacial score (nSPS) is 22.4. The highest BCUT2D eigenvalue weighted by molar-refractivity contribution is 5.96. The lowest BCUT2D eigenvalue weighted by atomic mass is 9.51. The molecule has 4 heteroatoms. The second-order valence-corrected chi connectivity index (χ2v) is 10.8. The predicted octanol–water partition coefficient (Wildman–Crippen LogP) is 5.96. The summed E-state index contributed by atoms with van der Waals surface area (Å²) in [5.41, 5.74) is 4.43. The molecule has 2 bridgehead atoms. The number of rotatable bonds is 5. The molecule has 0 saturated carbocycles. The fourth-order valence-corrected chi connectivity index (χ4v) is 6.18. The number of fused-ring (bicyclic) bond motifs is 4. The van der Waals surface area contributed by atoms with E-state index in [-0.39, 0.29) is 28.6 Å². The number of hydrogen-bond acceptors (Lipinski definition) is 3. The number of hydrogen-bond donors (Lipinski definition) is 1. The number of phenolic OH excluding ortho intramolecular Hbond substituents is 1. The van der Waals surface area contributed by atoms with Crippen molar-refractivity contribution in [3.63, 3.8) is 0 Å². The molecular weight excluding hydrogens is 434 g/mol. The van der Waals surface area contributed by atoms with E-state index in [0.29, 0.717) is 37.1 Å². The van der Waals surface area contributed by atoms with Gasteiger partial charge in [-0.15, -0.1) is 0 Å². The predicted molar refractivity (Wildman–Crippen MR) is 138 cm³/mol. The minimum Gasteiger partial charge on any atom is -0.508 e. The van der Waals surface area contributed by atoms with Crippen LogP contribution in [0.15, 0.2) is 72.8 Å². The highest BCUT2D eigenvalue weighted by Gasteiger charge is 2.57. The van der Waals surface area contributed by atoms with Gasteiger partial charge in [-0.2, -0.15) is 0 Å².